The van der Waals surface area contributed by atoms with Crippen molar-refractivity contribution < 1.29 is 14.2 Å². The van der Waals surface area contributed by atoms with Crippen molar-refractivity contribution in [1.82, 2.24) is 0 Å². The van der Waals surface area contributed by atoms with Crippen LogP contribution in [0.25, 0.3) is 0 Å². The Balaban J connectivity index is 2.65. The van der Waals surface area contributed by atoms with E-state index in [0.29, 0.717) is 12.4 Å². The number of hydrogen-bond donors (Lipinski definition) is 0. The molecule has 0 amide bonds. The third-order valence-electron chi connectivity index (χ3n) is 2.65. The highest BCUT2D eigenvalue weighted by atomic mass is 16.5. The molecule has 18 heavy (non-hydrogen) atoms. The fourth-order valence-electron chi connectivity index (χ4n) is 1.65. The number of hydrogen-bond acceptors (Lipinski definition) is 3. The first kappa shape index (κ1) is 14.2. The minimum absolute atomic E-state index is 0.629. The maximum Gasteiger partial charge on any atom is 0.164 e. The van der Waals surface area contributed by atoms with Gasteiger partial charge >= 0.3 is 0 Å². The van der Waals surface area contributed by atoms with Gasteiger partial charge in [0, 0.05) is 12.5 Å². The molecule has 0 unspecified atom stereocenters. The Labute approximate surface area is 109 Å². The first-order valence-corrected chi connectivity index (χ1v) is 6.01. The summed E-state index contributed by atoms with van der Waals surface area (Å²) in [7, 11) is 3.28. The van der Waals surface area contributed by atoms with E-state index in [9.17, 15) is 0 Å². The zero-order chi connectivity index (χ0) is 13.4. The quantitative estimate of drug-likeness (QED) is 0.548. The van der Waals surface area contributed by atoms with Crippen molar-refractivity contribution in [2.45, 2.75) is 26.2 Å². The van der Waals surface area contributed by atoms with Crippen LogP contribution >= 0.6 is 0 Å². The summed E-state index contributed by atoms with van der Waals surface area (Å²) < 4.78 is 16.3. The average molecular weight is 248 g/mol. The van der Waals surface area contributed by atoms with Crippen LogP contribution in [0.4, 0.5) is 0 Å². The number of ether oxygens (including phenoxy) is 3. The van der Waals surface area contributed by atoms with Gasteiger partial charge in [-0.2, -0.15) is 0 Å². The van der Waals surface area contributed by atoms with E-state index in [0.717, 1.165) is 36.3 Å². The molecule has 0 aromatic heterocycles. The van der Waals surface area contributed by atoms with Gasteiger partial charge in [0.1, 0.15) is 5.75 Å². The van der Waals surface area contributed by atoms with Gasteiger partial charge in [0.2, 0.25) is 0 Å². The Kier molecular flexibility index (Phi) is 5.93. The largest absolute Gasteiger partial charge is 0.496 e. The maximum absolute atomic E-state index is 5.70. The SMILES string of the molecule is C#CCCCCOc1cc(OC)c(C)cc1OC. The first-order chi connectivity index (χ1) is 8.72. The van der Waals surface area contributed by atoms with E-state index in [4.69, 9.17) is 20.6 Å². The second-order valence-electron chi connectivity index (χ2n) is 3.98. The fraction of sp³-hybridized carbons (Fsp3) is 0.467. The summed E-state index contributed by atoms with van der Waals surface area (Å²) >= 11 is 0. The second kappa shape index (κ2) is 7.50. The van der Waals surface area contributed by atoms with Crippen LogP contribution < -0.4 is 14.2 Å². The van der Waals surface area contributed by atoms with Gasteiger partial charge in [-0.15, -0.1) is 12.3 Å². The second-order valence-corrected chi connectivity index (χ2v) is 3.98. The molecule has 0 spiro atoms. The molecular weight excluding hydrogens is 228 g/mol. The predicted molar refractivity (Wildman–Crippen MR) is 72.5 cm³/mol. The fourth-order valence-corrected chi connectivity index (χ4v) is 1.65. The topological polar surface area (TPSA) is 27.7 Å². The summed E-state index contributed by atoms with van der Waals surface area (Å²) in [6, 6.07) is 3.77. The van der Waals surface area contributed by atoms with E-state index < -0.39 is 0 Å². The van der Waals surface area contributed by atoms with E-state index in [1.165, 1.54) is 0 Å². The van der Waals surface area contributed by atoms with Gasteiger partial charge in [0.25, 0.3) is 0 Å². The number of methoxy groups -OCH3 is 2. The number of terminal acetylenes is 1. The van der Waals surface area contributed by atoms with Crippen LogP contribution in [0.15, 0.2) is 12.1 Å². The number of aryl methyl sites for hydroxylation is 1. The first-order valence-electron chi connectivity index (χ1n) is 6.01. The van der Waals surface area contributed by atoms with Crippen molar-refractivity contribution in [3.63, 3.8) is 0 Å². The molecule has 0 radical (unpaired) electrons. The van der Waals surface area contributed by atoms with Crippen molar-refractivity contribution >= 4 is 0 Å². The average Bonchev–Trinajstić information content (AvgIpc) is 2.39. The van der Waals surface area contributed by atoms with Crippen LogP contribution in [0.1, 0.15) is 24.8 Å². The molecule has 0 N–H and O–H groups in total. The van der Waals surface area contributed by atoms with Gasteiger partial charge in [0.15, 0.2) is 11.5 Å². The van der Waals surface area contributed by atoms with Crippen molar-refractivity contribution in [2.24, 2.45) is 0 Å². The van der Waals surface area contributed by atoms with E-state index in [1.54, 1.807) is 14.2 Å². The summed E-state index contributed by atoms with van der Waals surface area (Å²) in [5, 5.41) is 0. The Bertz CT molecular complexity index is 418. The molecule has 0 heterocycles. The molecule has 3 nitrogen and oxygen atoms in total. The lowest BCUT2D eigenvalue weighted by Crippen LogP contribution is -2.00. The Morgan fingerprint density at radius 1 is 1.06 bits per heavy atom. The molecule has 0 bridgehead atoms. The van der Waals surface area contributed by atoms with E-state index in [1.807, 2.05) is 19.1 Å². The molecule has 0 aliphatic carbocycles. The lowest BCUT2D eigenvalue weighted by atomic mass is 10.2. The van der Waals surface area contributed by atoms with Crippen molar-refractivity contribution in [3.05, 3.63) is 17.7 Å². The molecule has 1 aromatic carbocycles. The predicted octanol–water partition coefficient (Wildman–Crippen LogP) is 3.19. The molecule has 3 heteroatoms. The zero-order valence-electron chi connectivity index (χ0n) is 11.3. The van der Waals surface area contributed by atoms with Gasteiger partial charge in [-0.05, 0) is 31.4 Å². The normalized spacial score (nSPS) is 9.67. The third kappa shape index (κ3) is 3.89. The summed E-state index contributed by atoms with van der Waals surface area (Å²) in [5.41, 5.74) is 1.02. The van der Waals surface area contributed by atoms with Gasteiger partial charge in [-0.25, -0.2) is 0 Å². The Morgan fingerprint density at radius 2 is 1.78 bits per heavy atom. The summed E-state index contributed by atoms with van der Waals surface area (Å²) in [4.78, 5) is 0. The molecule has 0 aliphatic rings. The Hall–Kier alpha value is -1.82. The van der Waals surface area contributed by atoms with Gasteiger partial charge < -0.3 is 14.2 Å². The van der Waals surface area contributed by atoms with Crippen LogP contribution in [0.3, 0.4) is 0 Å². The molecule has 1 aromatic rings. The van der Waals surface area contributed by atoms with Crippen molar-refractivity contribution in [1.29, 1.82) is 0 Å². The molecule has 0 saturated carbocycles. The highest BCUT2D eigenvalue weighted by molar-refractivity contribution is 5.50. The van der Waals surface area contributed by atoms with E-state index >= 15 is 0 Å². The van der Waals surface area contributed by atoms with Crippen molar-refractivity contribution in [3.8, 4) is 29.6 Å². The number of rotatable bonds is 7. The summed E-state index contributed by atoms with van der Waals surface area (Å²) in [6.45, 7) is 2.60. The molecule has 0 atom stereocenters. The third-order valence-corrected chi connectivity index (χ3v) is 2.65. The van der Waals surface area contributed by atoms with Crippen LogP contribution in [0, 0.1) is 19.3 Å². The zero-order valence-corrected chi connectivity index (χ0v) is 11.3. The number of benzene rings is 1. The monoisotopic (exact) mass is 248 g/mol. The summed E-state index contributed by atoms with van der Waals surface area (Å²) in [5.74, 6) is 4.85. The smallest absolute Gasteiger partial charge is 0.164 e. The minimum Gasteiger partial charge on any atom is -0.496 e. The standard InChI is InChI=1S/C15H20O3/c1-5-6-7-8-9-18-15-11-13(16-3)12(2)10-14(15)17-4/h1,10-11H,6-9H2,2-4H3. The highest BCUT2D eigenvalue weighted by Crippen LogP contribution is 2.34. The molecular formula is C15H20O3. The molecule has 98 valence electrons. The number of unbranched alkanes of at least 4 members (excludes halogenated alkanes) is 2. The van der Waals surface area contributed by atoms with E-state index in [-0.39, 0.29) is 0 Å². The minimum atomic E-state index is 0.629. The molecule has 1 rings (SSSR count). The van der Waals surface area contributed by atoms with Crippen LogP contribution in [-0.4, -0.2) is 20.8 Å². The van der Waals surface area contributed by atoms with Crippen LogP contribution in [-0.2, 0) is 0 Å². The molecule has 0 aliphatic heterocycles. The lowest BCUT2D eigenvalue weighted by Gasteiger charge is -2.13. The van der Waals surface area contributed by atoms with Gasteiger partial charge in [0.05, 0.1) is 20.8 Å². The van der Waals surface area contributed by atoms with Crippen LogP contribution in [0.2, 0.25) is 0 Å². The lowest BCUT2D eigenvalue weighted by molar-refractivity contribution is 0.284. The van der Waals surface area contributed by atoms with Gasteiger partial charge in [-0.3, -0.25) is 0 Å². The van der Waals surface area contributed by atoms with Crippen LogP contribution in [0.5, 0.6) is 17.2 Å². The molecule has 0 saturated heterocycles. The molecule has 0 fully saturated rings. The van der Waals surface area contributed by atoms with Gasteiger partial charge in [-0.1, -0.05) is 0 Å². The maximum atomic E-state index is 5.70. The van der Waals surface area contributed by atoms with Crippen molar-refractivity contribution in [2.75, 3.05) is 20.8 Å². The highest BCUT2D eigenvalue weighted by Gasteiger charge is 2.09. The summed E-state index contributed by atoms with van der Waals surface area (Å²) in [6.07, 6.45) is 7.89. The Morgan fingerprint density at radius 3 is 2.39 bits per heavy atom. The van der Waals surface area contributed by atoms with E-state index in [2.05, 4.69) is 5.92 Å².